The molecule has 0 amide bonds. The topological polar surface area (TPSA) is 37.8 Å². The van der Waals surface area contributed by atoms with Crippen molar-refractivity contribution in [3.63, 3.8) is 0 Å². The number of aryl methyl sites for hydroxylation is 1. The fourth-order valence-corrected chi connectivity index (χ4v) is 1.91. The van der Waals surface area contributed by atoms with Crippen molar-refractivity contribution in [3.05, 3.63) is 52.2 Å². The predicted octanol–water partition coefficient (Wildman–Crippen LogP) is 3.21. The second-order valence-electron chi connectivity index (χ2n) is 3.97. The molecule has 0 aliphatic rings. The Morgan fingerprint density at radius 1 is 1.28 bits per heavy atom. The first-order chi connectivity index (χ1) is 8.58. The summed E-state index contributed by atoms with van der Waals surface area (Å²) in [5.41, 5.74) is 1.69. The monoisotopic (exact) mass is 265 g/mol. The van der Waals surface area contributed by atoms with Crippen LogP contribution in [-0.2, 0) is 6.42 Å². The summed E-state index contributed by atoms with van der Waals surface area (Å²) in [6.45, 7) is 1.90. The third-order valence-electron chi connectivity index (χ3n) is 2.52. The van der Waals surface area contributed by atoms with E-state index in [2.05, 4.69) is 15.3 Å². The summed E-state index contributed by atoms with van der Waals surface area (Å²) in [7, 11) is 1.80. The van der Waals surface area contributed by atoms with E-state index in [1.165, 1.54) is 12.1 Å². The number of hydrogen-bond acceptors (Lipinski definition) is 3. The summed E-state index contributed by atoms with van der Waals surface area (Å²) in [5, 5.41) is 3.37. The molecule has 0 saturated carbocycles. The maximum absolute atomic E-state index is 12.9. The van der Waals surface area contributed by atoms with Crippen molar-refractivity contribution in [2.45, 2.75) is 13.3 Å². The van der Waals surface area contributed by atoms with Crippen molar-refractivity contribution in [1.82, 2.24) is 9.97 Å². The maximum Gasteiger partial charge on any atom is 0.135 e. The van der Waals surface area contributed by atoms with Gasteiger partial charge in [0.15, 0.2) is 0 Å². The largest absolute Gasteiger partial charge is 0.373 e. The molecule has 0 atom stereocenters. The zero-order chi connectivity index (χ0) is 13.1. The zero-order valence-electron chi connectivity index (χ0n) is 10.2. The molecule has 2 rings (SSSR count). The molecule has 0 aliphatic carbocycles. The van der Waals surface area contributed by atoms with Crippen LogP contribution in [0.5, 0.6) is 0 Å². The van der Waals surface area contributed by atoms with Crippen LogP contribution in [0.4, 0.5) is 10.2 Å². The van der Waals surface area contributed by atoms with Crippen LogP contribution in [0.3, 0.4) is 0 Å². The minimum atomic E-state index is -0.343. The van der Waals surface area contributed by atoms with Crippen molar-refractivity contribution in [3.8, 4) is 0 Å². The van der Waals surface area contributed by atoms with Gasteiger partial charge in [-0.3, -0.25) is 0 Å². The summed E-state index contributed by atoms with van der Waals surface area (Å²) in [4.78, 5) is 8.67. The van der Waals surface area contributed by atoms with Gasteiger partial charge in [0.05, 0.1) is 0 Å². The van der Waals surface area contributed by atoms with Crippen LogP contribution < -0.4 is 5.32 Å². The Kier molecular flexibility index (Phi) is 3.77. The second-order valence-corrected chi connectivity index (χ2v) is 4.38. The van der Waals surface area contributed by atoms with Gasteiger partial charge in [-0.15, -0.1) is 0 Å². The molecule has 0 aliphatic heterocycles. The lowest BCUT2D eigenvalue weighted by molar-refractivity contribution is 0.627. The minimum absolute atomic E-state index is 0.343. The Morgan fingerprint density at radius 3 is 2.72 bits per heavy atom. The molecule has 2 aromatic rings. The van der Waals surface area contributed by atoms with Gasteiger partial charge in [0.2, 0.25) is 0 Å². The molecule has 1 aromatic heterocycles. The number of hydrogen-bond donors (Lipinski definition) is 1. The number of anilines is 1. The van der Waals surface area contributed by atoms with Crippen molar-refractivity contribution in [2.75, 3.05) is 12.4 Å². The molecule has 1 N–H and O–H groups in total. The van der Waals surface area contributed by atoms with Crippen LogP contribution in [0.15, 0.2) is 24.3 Å². The van der Waals surface area contributed by atoms with Crippen LogP contribution >= 0.6 is 11.6 Å². The summed E-state index contributed by atoms with van der Waals surface area (Å²) in [6.07, 6.45) is 0.482. The van der Waals surface area contributed by atoms with E-state index in [0.29, 0.717) is 17.3 Å². The van der Waals surface area contributed by atoms with Crippen LogP contribution in [0, 0.1) is 12.7 Å². The Morgan fingerprint density at radius 2 is 2.06 bits per heavy atom. The van der Waals surface area contributed by atoms with E-state index in [-0.39, 0.29) is 5.82 Å². The van der Waals surface area contributed by atoms with E-state index in [1.54, 1.807) is 13.1 Å². The molecule has 1 heterocycles. The molecule has 18 heavy (non-hydrogen) atoms. The van der Waals surface area contributed by atoms with Crippen molar-refractivity contribution >= 4 is 17.4 Å². The Hall–Kier alpha value is -1.68. The van der Waals surface area contributed by atoms with Crippen LogP contribution in [0.1, 0.15) is 17.1 Å². The average molecular weight is 266 g/mol. The van der Waals surface area contributed by atoms with Gasteiger partial charge in [-0.25, -0.2) is 14.4 Å². The molecule has 3 nitrogen and oxygen atoms in total. The molecular weight excluding hydrogens is 253 g/mol. The van der Waals surface area contributed by atoms with Crippen LogP contribution in [-0.4, -0.2) is 17.0 Å². The molecule has 94 valence electrons. The maximum atomic E-state index is 12.9. The predicted molar refractivity (Wildman–Crippen MR) is 70.5 cm³/mol. The van der Waals surface area contributed by atoms with Gasteiger partial charge < -0.3 is 5.32 Å². The number of aromatic nitrogens is 2. The lowest BCUT2D eigenvalue weighted by Gasteiger charge is -2.07. The number of nitrogens with zero attached hydrogens (tertiary/aromatic N) is 2. The normalized spacial score (nSPS) is 10.4. The Bertz CT molecular complexity index is 572. The SMILES string of the molecule is CNc1cc(C)nc(Cc2ccc(F)cc2Cl)n1. The molecule has 1 aromatic carbocycles. The van der Waals surface area contributed by atoms with Gasteiger partial charge in [-0.2, -0.15) is 0 Å². The van der Waals surface area contributed by atoms with Crippen LogP contribution in [0.2, 0.25) is 5.02 Å². The second kappa shape index (κ2) is 5.31. The van der Waals surface area contributed by atoms with Gasteiger partial charge >= 0.3 is 0 Å². The fraction of sp³-hybridized carbons (Fsp3) is 0.231. The molecule has 5 heteroatoms. The highest BCUT2D eigenvalue weighted by Crippen LogP contribution is 2.20. The van der Waals surface area contributed by atoms with Gasteiger partial charge in [0.1, 0.15) is 17.5 Å². The van der Waals surface area contributed by atoms with E-state index in [0.717, 1.165) is 17.1 Å². The third kappa shape index (κ3) is 2.96. The zero-order valence-corrected chi connectivity index (χ0v) is 10.9. The summed E-state index contributed by atoms with van der Waals surface area (Å²) in [6, 6.07) is 6.19. The van der Waals surface area contributed by atoms with Crippen molar-refractivity contribution < 1.29 is 4.39 Å². The highest BCUT2D eigenvalue weighted by molar-refractivity contribution is 6.31. The van der Waals surface area contributed by atoms with Crippen molar-refractivity contribution in [2.24, 2.45) is 0 Å². The highest BCUT2D eigenvalue weighted by Gasteiger charge is 2.07. The average Bonchev–Trinajstić information content (AvgIpc) is 2.32. The number of halogens is 2. The lowest BCUT2D eigenvalue weighted by Crippen LogP contribution is -2.03. The highest BCUT2D eigenvalue weighted by atomic mass is 35.5. The summed E-state index contributed by atoms with van der Waals surface area (Å²) in [5.74, 6) is 1.08. The molecule has 0 saturated heterocycles. The van der Waals surface area contributed by atoms with E-state index < -0.39 is 0 Å². The molecular formula is C13H13ClFN3. The first-order valence-electron chi connectivity index (χ1n) is 5.54. The molecule has 0 fully saturated rings. The molecule has 0 unspecified atom stereocenters. The van der Waals surface area contributed by atoms with E-state index in [9.17, 15) is 4.39 Å². The smallest absolute Gasteiger partial charge is 0.135 e. The van der Waals surface area contributed by atoms with Gasteiger partial charge in [0.25, 0.3) is 0 Å². The van der Waals surface area contributed by atoms with Gasteiger partial charge in [0, 0.05) is 30.3 Å². The fourth-order valence-electron chi connectivity index (χ4n) is 1.67. The third-order valence-corrected chi connectivity index (χ3v) is 2.87. The first-order valence-corrected chi connectivity index (χ1v) is 5.92. The van der Waals surface area contributed by atoms with E-state index >= 15 is 0 Å². The minimum Gasteiger partial charge on any atom is -0.373 e. The van der Waals surface area contributed by atoms with E-state index in [4.69, 9.17) is 11.6 Å². The molecule has 0 spiro atoms. The first kappa shape index (κ1) is 12.8. The van der Waals surface area contributed by atoms with E-state index in [1.807, 2.05) is 13.0 Å². The number of rotatable bonds is 3. The quantitative estimate of drug-likeness (QED) is 0.926. The number of nitrogens with one attached hydrogen (secondary N) is 1. The van der Waals surface area contributed by atoms with Gasteiger partial charge in [-0.05, 0) is 24.6 Å². The number of benzene rings is 1. The Balaban J connectivity index is 2.30. The van der Waals surface area contributed by atoms with Gasteiger partial charge in [-0.1, -0.05) is 17.7 Å². The standard InChI is InChI=1S/C13H13ClFN3/c1-8-5-12(16-2)18-13(17-8)6-9-3-4-10(15)7-11(9)14/h3-5,7H,6H2,1-2H3,(H,16,17,18). The van der Waals surface area contributed by atoms with Crippen molar-refractivity contribution in [1.29, 1.82) is 0 Å². The molecule has 0 bridgehead atoms. The summed E-state index contributed by atoms with van der Waals surface area (Å²) >= 11 is 5.98. The summed E-state index contributed by atoms with van der Waals surface area (Å²) < 4.78 is 12.9. The van der Waals surface area contributed by atoms with Crippen LogP contribution in [0.25, 0.3) is 0 Å². The molecule has 0 radical (unpaired) electrons. The Labute approximate surface area is 110 Å². The lowest BCUT2D eigenvalue weighted by atomic mass is 10.1.